The Morgan fingerprint density at radius 2 is 1.00 bits per heavy atom. The van der Waals surface area contributed by atoms with E-state index in [4.69, 9.17) is 9.98 Å². The summed E-state index contributed by atoms with van der Waals surface area (Å²) in [7, 11) is 2.11. The van der Waals surface area contributed by atoms with Gasteiger partial charge in [0.2, 0.25) is 5.96 Å². The van der Waals surface area contributed by atoms with Gasteiger partial charge in [0.15, 0.2) is 12.0 Å². The van der Waals surface area contributed by atoms with E-state index in [0.29, 0.717) is 0 Å². The van der Waals surface area contributed by atoms with Crippen LogP contribution in [0, 0.1) is 0 Å². The van der Waals surface area contributed by atoms with Crippen molar-refractivity contribution in [3.05, 3.63) is 163 Å². The number of para-hydroxylation sites is 3. The summed E-state index contributed by atoms with van der Waals surface area (Å²) in [4.78, 5) is 12.8. The van der Waals surface area contributed by atoms with E-state index in [0.717, 1.165) is 45.2 Å². The molecule has 0 saturated carbocycles. The summed E-state index contributed by atoms with van der Waals surface area (Å²) in [5.74, 6) is 1.56. The Hall–Kier alpha value is -5.94. The van der Waals surface area contributed by atoms with E-state index in [2.05, 4.69) is 155 Å². The smallest absolute Gasteiger partial charge is 0.214 e. The van der Waals surface area contributed by atoms with Crippen LogP contribution in [0.3, 0.4) is 0 Å². The van der Waals surface area contributed by atoms with E-state index in [-0.39, 0.29) is 6.17 Å². The Labute approximate surface area is 260 Å². The van der Waals surface area contributed by atoms with Crippen LogP contribution in [0.15, 0.2) is 162 Å². The summed E-state index contributed by atoms with van der Waals surface area (Å²) in [6, 6.07) is 53.4. The number of hydrogen-bond acceptors (Lipinski definition) is 3. The van der Waals surface area contributed by atoms with Gasteiger partial charge in [-0.25, -0.2) is 4.99 Å². The van der Waals surface area contributed by atoms with E-state index in [1.165, 1.54) is 27.1 Å². The molecule has 1 atom stereocenters. The Morgan fingerprint density at radius 1 is 0.489 bits per heavy atom. The van der Waals surface area contributed by atoms with Crippen molar-refractivity contribution >= 4 is 55.4 Å². The van der Waals surface area contributed by atoms with Crippen LogP contribution in [0.4, 0.5) is 0 Å². The molecular weight excluding hydrogens is 550 g/mol. The second-order valence-corrected chi connectivity index (χ2v) is 11.5. The van der Waals surface area contributed by atoms with E-state index >= 15 is 0 Å². The highest BCUT2D eigenvalue weighted by Gasteiger charge is 2.30. The first kappa shape index (κ1) is 25.5. The number of amidine groups is 1. The van der Waals surface area contributed by atoms with E-state index in [1.807, 2.05) is 18.2 Å². The number of rotatable bonds is 3. The topological polar surface area (TPSA) is 37.8 Å². The van der Waals surface area contributed by atoms with Crippen LogP contribution >= 0.6 is 0 Å². The first-order chi connectivity index (χ1) is 22.3. The molecule has 0 spiro atoms. The first-order valence-electron chi connectivity index (χ1n) is 15.3. The molecule has 5 heteroatoms. The number of nitrogens with zero attached hydrogens (tertiary/aromatic N) is 5. The standard InChI is InChI=1S/C40H29N5/c1-43-39(28-17-7-3-8-18-28)41-38(27-15-5-2-6-16-27)42-40(43)45-35-24-14-12-22-31(35)33-26-25-32-30-21-11-13-23-34(30)44(36(32)37(33)45)29-19-9-4-10-20-29/h2-26,39H,1H3. The first-order valence-corrected chi connectivity index (χ1v) is 15.3. The molecule has 0 aliphatic carbocycles. The molecule has 0 saturated heterocycles. The highest BCUT2D eigenvalue weighted by Crippen LogP contribution is 2.41. The van der Waals surface area contributed by atoms with Gasteiger partial charge in [-0.15, -0.1) is 0 Å². The van der Waals surface area contributed by atoms with E-state index in [9.17, 15) is 0 Å². The molecule has 9 rings (SSSR count). The fourth-order valence-electron chi connectivity index (χ4n) is 6.93. The quantitative estimate of drug-likeness (QED) is 0.206. The molecule has 0 fully saturated rings. The second-order valence-electron chi connectivity index (χ2n) is 11.5. The van der Waals surface area contributed by atoms with Crippen molar-refractivity contribution in [3.63, 3.8) is 0 Å². The van der Waals surface area contributed by atoms with Crippen LogP contribution < -0.4 is 0 Å². The summed E-state index contributed by atoms with van der Waals surface area (Å²) in [6.07, 6.45) is -0.246. The molecule has 0 radical (unpaired) electrons. The van der Waals surface area contributed by atoms with Crippen molar-refractivity contribution < 1.29 is 0 Å². The summed E-state index contributed by atoms with van der Waals surface area (Å²) in [5.41, 5.74) is 7.80. The second kappa shape index (κ2) is 10.1. The number of aliphatic imine (C=N–C) groups is 2. The van der Waals surface area contributed by atoms with Crippen molar-refractivity contribution in [1.82, 2.24) is 14.0 Å². The molecule has 45 heavy (non-hydrogen) atoms. The van der Waals surface area contributed by atoms with Gasteiger partial charge >= 0.3 is 0 Å². The Morgan fingerprint density at radius 3 is 1.64 bits per heavy atom. The average molecular weight is 580 g/mol. The largest absolute Gasteiger partial charge is 0.319 e. The maximum absolute atomic E-state index is 5.36. The number of hydrogen-bond donors (Lipinski definition) is 0. The maximum Gasteiger partial charge on any atom is 0.214 e. The minimum Gasteiger partial charge on any atom is -0.319 e. The Kier molecular flexibility index (Phi) is 5.72. The van der Waals surface area contributed by atoms with Crippen LogP contribution in [-0.4, -0.2) is 32.9 Å². The Bertz CT molecular complexity index is 2430. The van der Waals surface area contributed by atoms with Crippen LogP contribution in [-0.2, 0) is 0 Å². The van der Waals surface area contributed by atoms with Crippen LogP contribution in [0.5, 0.6) is 0 Å². The molecule has 1 aliphatic rings. The molecule has 5 nitrogen and oxygen atoms in total. The molecule has 8 aromatic rings. The van der Waals surface area contributed by atoms with Crippen LogP contribution in [0.25, 0.3) is 49.3 Å². The molecular formula is C40H29N5. The highest BCUT2D eigenvalue weighted by atomic mass is 15.4. The lowest BCUT2D eigenvalue weighted by molar-refractivity contribution is 0.372. The average Bonchev–Trinajstić information content (AvgIpc) is 3.63. The fourth-order valence-corrected chi connectivity index (χ4v) is 6.93. The molecule has 0 bridgehead atoms. The number of aromatic nitrogens is 2. The lowest BCUT2D eigenvalue weighted by Crippen LogP contribution is -2.39. The van der Waals surface area contributed by atoms with Crippen molar-refractivity contribution in [1.29, 1.82) is 0 Å². The minimum absolute atomic E-state index is 0.246. The van der Waals surface area contributed by atoms with Gasteiger partial charge in [-0.05, 0) is 29.8 Å². The highest BCUT2D eigenvalue weighted by molar-refractivity contribution is 6.26. The van der Waals surface area contributed by atoms with Crippen molar-refractivity contribution in [3.8, 4) is 5.69 Å². The Balaban J connectivity index is 1.44. The fraction of sp³-hybridized carbons (Fsp3) is 0.0500. The van der Waals surface area contributed by atoms with E-state index in [1.54, 1.807) is 0 Å². The van der Waals surface area contributed by atoms with Gasteiger partial charge in [-0.1, -0.05) is 127 Å². The number of fused-ring (bicyclic) bond motifs is 7. The van der Waals surface area contributed by atoms with Gasteiger partial charge in [0.05, 0.1) is 22.1 Å². The predicted molar refractivity (Wildman–Crippen MR) is 187 cm³/mol. The summed E-state index contributed by atoms with van der Waals surface area (Å²) in [5, 5.41) is 4.81. The molecule has 6 aromatic carbocycles. The summed E-state index contributed by atoms with van der Waals surface area (Å²) in [6.45, 7) is 0. The summed E-state index contributed by atoms with van der Waals surface area (Å²) >= 11 is 0. The van der Waals surface area contributed by atoms with Gasteiger partial charge < -0.3 is 9.47 Å². The summed E-state index contributed by atoms with van der Waals surface area (Å²) < 4.78 is 4.77. The zero-order valence-corrected chi connectivity index (χ0v) is 24.7. The zero-order valence-electron chi connectivity index (χ0n) is 24.7. The molecule has 2 aromatic heterocycles. The lowest BCUT2D eigenvalue weighted by Gasteiger charge is -2.33. The van der Waals surface area contributed by atoms with Gasteiger partial charge in [0.25, 0.3) is 0 Å². The van der Waals surface area contributed by atoms with Gasteiger partial charge in [0, 0.05) is 39.8 Å². The van der Waals surface area contributed by atoms with Crippen molar-refractivity contribution in [2.45, 2.75) is 6.17 Å². The normalized spacial score (nSPS) is 15.2. The third kappa shape index (κ3) is 3.87. The maximum atomic E-state index is 5.36. The zero-order chi connectivity index (χ0) is 29.9. The molecule has 3 heterocycles. The lowest BCUT2D eigenvalue weighted by atomic mass is 10.1. The van der Waals surface area contributed by atoms with Crippen LogP contribution in [0.1, 0.15) is 17.3 Å². The number of benzene rings is 6. The third-order valence-corrected chi connectivity index (χ3v) is 8.95. The van der Waals surface area contributed by atoms with Crippen molar-refractivity contribution in [2.75, 3.05) is 7.05 Å². The van der Waals surface area contributed by atoms with Gasteiger partial charge in [-0.3, -0.25) is 4.57 Å². The van der Waals surface area contributed by atoms with Gasteiger partial charge in [0.1, 0.15) is 0 Å². The monoisotopic (exact) mass is 579 g/mol. The molecule has 214 valence electrons. The van der Waals surface area contributed by atoms with Crippen molar-refractivity contribution in [2.24, 2.45) is 9.98 Å². The third-order valence-electron chi connectivity index (χ3n) is 8.95. The molecule has 0 N–H and O–H groups in total. The SMILES string of the molecule is CN1C(n2c3ccccc3c3ccc4c5ccccc5n(-c5ccccc5)c4c32)=NC(c2ccccc2)=NC1c1ccccc1. The molecule has 1 aliphatic heterocycles. The van der Waals surface area contributed by atoms with E-state index < -0.39 is 0 Å². The van der Waals surface area contributed by atoms with Crippen LogP contribution in [0.2, 0.25) is 0 Å². The molecule has 0 amide bonds. The molecule has 1 unspecified atom stereocenters. The predicted octanol–water partition coefficient (Wildman–Crippen LogP) is 9.19. The van der Waals surface area contributed by atoms with Gasteiger partial charge in [-0.2, -0.15) is 4.99 Å². The minimum atomic E-state index is -0.246.